The first-order valence-corrected chi connectivity index (χ1v) is 4.73. The van der Waals surface area contributed by atoms with Gasteiger partial charge in [0.1, 0.15) is 6.29 Å². The van der Waals surface area contributed by atoms with Crippen LogP contribution in [0.3, 0.4) is 0 Å². The minimum absolute atomic E-state index is 0.271. The number of nitrogens with zero attached hydrogens (tertiary/aromatic N) is 1. The first kappa shape index (κ1) is 11.6. The van der Waals surface area contributed by atoms with Crippen LogP contribution in [0.15, 0.2) is 0 Å². The maximum Gasteiger partial charge on any atom is 0.123 e. The van der Waals surface area contributed by atoms with Gasteiger partial charge in [-0.05, 0) is 40.3 Å². The summed E-state index contributed by atoms with van der Waals surface area (Å²) in [7, 11) is 4.15. The molecule has 0 fully saturated rings. The molecule has 2 atom stereocenters. The summed E-state index contributed by atoms with van der Waals surface area (Å²) in [4.78, 5) is 12.7. The Labute approximate surface area is 75.9 Å². The molecule has 0 radical (unpaired) electrons. The monoisotopic (exact) mass is 171 g/mol. The smallest absolute Gasteiger partial charge is 0.123 e. The van der Waals surface area contributed by atoms with E-state index in [1.807, 2.05) is 0 Å². The molecule has 0 bridgehead atoms. The Balaban J connectivity index is 3.58. The second-order valence-electron chi connectivity index (χ2n) is 3.69. The van der Waals surface area contributed by atoms with Crippen LogP contribution in [0.5, 0.6) is 0 Å². The molecular weight excluding hydrogens is 150 g/mol. The van der Waals surface area contributed by atoms with Gasteiger partial charge in [-0.1, -0.05) is 6.92 Å². The number of carbonyl (C=O) groups excluding carboxylic acids is 1. The van der Waals surface area contributed by atoms with Crippen LogP contribution in [-0.4, -0.2) is 31.3 Å². The summed E-state index contributed by atoms with van der Waals surface area (Å²) in [5.74, 6) is 0.271. The molecule has 0 saturated heterocycles. The minimum Gasteiger partial charge on any atom is -0.307 e. The first-order valence-electron chi connectivity index (χ1n) is 4.73. The molecular formula is C10H21NO. The normalized spacial score (nSPS) is 16.1. The number of aldehydes is 1. The van der Waals surface area contributed by atoms with Crippen LogP contribution in [0.4, 0.5) is 0 Å². The van der Waals surface area contributed by atoms with Crippen molar-refractivity contribution >= 4 is 6.29 Å². The van der Waals surface area contributed by atoms with Crippen LogP contribution in [0.1, 0.15) is 33.1 Å². The lowest BCUT2D eigenvalue weighted by atomic mass is 9.99. The average molecular weight is 171 g/mol. The third-order valence-electron chi connectivity index (χ3n) is 2.55. The van der Waals surface area contributed by atoms with E-state index >= 15 is 0 Å². The van der Waals surface area contributed by atoms with Crippen molar-refractivity contribution in [1.82, 2.24) is 4.90 Å². The van der Waals surface area contributed by atoms with E-state index in [9.17, 15) is 4.79 Å². The molecule has 2 nitrogen and oxygen atoms in total. The van der Waals surface area contributed by atoms with E-state index in [4.69, 9.17) is 0 Å². The van der Waals surface area contributed by atoms with Crippen molar-refractivity contribution < 1.29 is 4.79 Å². The third kappa shape index (κ3) is 4.50. The van der Waals surface area contributed by atoms with Gasteiger partial charge in [0.25, 0.3) is 0 Å². The molecule has 0 rings (SSSR count). The Morgan fingerprint density at radius 1 is 1.33 bits per heavy atom. The molecule has 0 aromatic carbocycles. The molecule has 0 aliphatic heterocycles. The highest BCUT2D eigenvalue weighted by Crippen LogP contribution is 2.11. The Bertz CT molecular complexity index is 123. The minimum atomic E-state index is 0.271. The summed E-state index contributed by atoms with van der Waals surface area (Å²) < 4.78 is 0. The largest absolute Gasteiger partial charge is 0.307 e. The summed E-state index contributed by atoms with van der Waals surface area (Å²) >= 11 is 0. The van der Waals surface area contributed by atoms with Gasteiger partial charge in [0.2, 0.25) is 0 Å². The van der Waals surface area contributed by atoms with E-state index in [1.54, 1.807) is 0 Å². The molecule has 0 aliphatic carbocycles. The molecule has 0 amide bonds. The highest BCUT2D eigenvalue weighted by Gasteiger charge is 2.08. The van der Waals surface area contributed by atoms with E-state index in [1.165, 1.54) is 0 Å². The lowest BCUT2D eigenvalue weighted by molar-refractivity contribution is -0.111. The Morgan fingerprint density at radius 2 is 1.92 bits per heavy atom. The maximum atomic E-state index is 10.5. The fraction of sp³-hybridized carbons (Fsp3) is 0.900. The summed E-state index contributed by atoms with van der Waals surface area (Å²) in [5, 5.41) is 0. The molecule has 0 aromatic heterocycles. The van der Waals surface area contributed by atoms with E-state index in [0.717, 1.165) is 25.5 Å². The molecule has 0 aliphatic rings. The fourth-order valence-electron chi connectivity index (χ4n) is 1.08. The van der Waals surface area contributed by atoms with Crippen LogP contribution in [0.25, 0.3) is 0 Å². The Kier molecular flexibility index (Phi) is 5.99. The van der Waals surface area contributed by atoms with Crippen molar-refractivity contribution in [2.75, 3.05) is 14.1 Å². The summed E-state index contributed by atoms with van der Waals surface area (Å²) in [6, 6.07) is 0.582. The van der Waals surface area contributed by atoms with Crippen molar-refractivity contribution in [2.24, 2.45) is 5.92 Å². The van der Waals surface area contributed by atoms with Gasteiger partial charge in [0.15, 0.2) is 0 Å². The number of hydrogen-bond acceptors (Lipinski definition) is 2. The molecule has 0 N–H and O–H groups in total. The second kappa shape index (κ2) is 6.18. The first-order chi connectivity index (χ1) is 5.61. The molecule has 12 heavy (non-hydrogen) atoms. The molecule has 2 unspecified atom stereocenters. The fourth-order valence-corrected chi connectivity index (χ4v) is 1.08. The molecule has 72 valence electrons. The van der Waals surface area contributed by atoms with E-state index < -0.39 is 0 Å². The second-order valence-corrected chi connectivity index (χ2v) is 3.69. The zero-order valence-corrected chi connectivity index (χ0v) is 8.71. The highest BCUT2D eigenvalue weighted by molar-refractivity contribution is 5.53. The maximum absolute atomic E-state index is 10.5. The van der Waals surface area contributed by atoms with Crippen LogP contribution in [0, 0.1) is 5.92 Å². The molecule has 0 aromatic rings. The van der Waals surface area contributed by atoms with Crippen molar-refractivity contribution in [3.63, 3.8) is 0 Å². The van der Waals surface area contributed by atoms with Gasteiger partial charge in [-0.3, -0.25) is 0 Å². The van der Waals surface area contributed by atoms with Gasteiger partial charge in [0.05, 0.1) is 0 Å². The topological polar surface area (TPSA) is 20.3 Å². The van der Waals surface area contributed by atoms with Gasteiger partial charge in [-0.2, -0.15) is 0 Å². The Morgan fingerprint density at radius 3 is 2.25 bits per heavy atom. The van der Waals surface area contributed by atoms with Crippen LogP contribution in [0.2, 0.25) is 0 Å². The summed E-state index contributed by atoms with van der Waals surface area (Å²) in [5.41, 5.74) is 0. The van der Waals surface area contributed by atoms with Crippen molar-refractivity contribution in [3.8, 4) is 0 Å². The average Bonchev–Trinajstić information content (AvgIpc) is 2.05. The van der Waals surface area contributed by atoms with E-state index in [2.05, 4.69) is 32.8 Å². The van der Waals surface area contributed by atoms with Crippen LogP contribution in [-0.2, 0) is 4.79 Å². The molecule has 0 heterocycles. The van der Waals surface area contributed by atoms with Crippen molar-refractivity contribution in [1.29, 1.82) is 0 Å². The molecule has 0 spiro atoms. The zero-order valence-electron chi connectivity index (χ0n) is 8.71. The predicted molar refractivity (Wildman–Crippen MR) is 52.2 cm³/mol. The highest BCUT2D eigenvalue weighted by atomic mass is 16.1. The molecule has 2 heteroatoms. The van der Waals surface area contributed by atoms with Gasteiger partial charge in [0, 0.05) is 12.0 Å². The number of carbonyl (C=O) groups is 1. The van der Waals surface area contributed by atoms with Crippen molar-refractivity contribution in [2.45, 2.75) is 39.2 Å². The van der Waals surface area contributed by atoms with E-state index in [-0.39, 0.29) is 5.92 Å². The summed E-state index contributed by atoms with van der Waals surface area (Å²) in [6.07, 6.45) is 4.20. The van der Waals surface area contributed by atoms with Gasteiger partial charge >= 0.3 is 0 Å². The van der Waals surface area contributed by atoms with Gasteiger partial charge in [-0.25, -0.2) is 0 Å². The van der Waals surface area contributed by atoms with Gasteiger partial charge < -0.3 is 9.69 Å². The lowest BCUT2D eigenvalue weighted by Gasteiger charge is -2.20. The standard InChI is InChI=1S/C10H21NO/c1-5-10(8-12)7-6-9(2)11(3)4/h8-10H,5-7H2,1-4H3. The predicted octanol–water partition coefficient (Wildman–Crippen LogP) is 1.94. The zero-order chi connectivity index (χ0) is 9.56. The van der Waals surface area contributed by atoms with Crippen LogP contribution >= 0.6 is 0 Å². The van der Waals surface area contributed by atoms with E-state index in [0.29, 0.717) is 6.04 Å². The number of hydrogen-bond donors (Lipinski definition) is 0. The lowest BCUT2D eigenvalue weighted by Crippen LogP contribution is -2.25. The SMILES string of the molecule is CCC(C=O)CCC(C)N(C)C. The summed E-state index contributed by atoms with van der Waals surface area (Å²) in [6.45, 7) is 4.26. The molecule has 0 saturated carbocycles. The quantitative estimate of drug-likeness (QED) is 0.569. The van der Waals surface area contributed by atoms with Crippen molar-refractivity contribution in [3.05, 3.63) is 0 Å². The Hall–Kier alpha value is -0.370. The third-order valence-corrected chi connectivity index (χ3v) is 2.55. The van der Waals surface area contributed by atoms with Crippen LogP contribution < -0.4 is 0 Å². The number of rotatable bonds is 6. The van der Waals surface area contributed by atoms with Gasteiger partial charge in [-0.15, -0.1) is 0 Å².